The predicted octanol–water partition coefficient (Wildman–Crippen LogP) is 8.12. The number of piperidine rings is 1. The lowest BCUT2D eigenvalue weighted by Gasteiger charge is -2.33. The summed E-state index contributed by atoms with van der Waals surface area (Å²) >= 11 is 13.0. The number of aromatic nitrogens is 2. The van der Waals surface area contributed by atoms with Crippen LogP contribution in [0.1, 0.15) is 67.0 Å². The normalized spacial score (nSPS) is 19.6. The van der Waals surface area contributed by atoms with Gasteiger partial charge in [-0.2, -0.15) is 0 Å². The number of benzene rings is 2. The highest BCUT2D eigenvalue weighted by Gasteiger charge is 2.42. The van der Waals surface area contributed by atoms with E-state index in [1.807, 2.05) is 18.3 Å². The zero-order valence-corrected chi connectivity index (χ0v) is 25.8. The van der Waals surface area contributed by atoms with Crippen molar-refractivity contribution in [2.45, 2.75) is 59.0 Å². The maximum atomic E-state index is 7.00. The van der Waals surface area contributed by atoms with E-state index in [-0.39, 0.29) is 12.1 Å². The van der Waals surface area contributed by atoms with Crippen molar-refractivity contribution >= 4 is 40.3 Å². The number of thiocarbonyl (C=S) groups is 1. The van der Waals surface area contributed by atoms with Gasteiger partial charge in [-0.1, -0.05) is 49.7 Å². The second-order valence-electron chi connectivity index (χ2n) is 11.4. The molecule has 212 valence electrons. The first-order chi connectivity index (χ1) is 19.9. The minimum atomic E-state index is -0.110. The van der Waals surface area contributed by atoms with Crippen LogP contribution >= 0.6 is 23.8 Å². The third-order valence-electron chi connectivity index (χ3n) is 8.83. The summed E-state index contributed by atoms with van der Waals surface area (Å²) in [6.45, 7) is 11.0. The summed E-state index contributed by atoms with van der Waals surface area (Å²) in [6.07, 6.45) is 5.22. The molecular formula is C34H38ClN5S. The van der Waals surface area contributed by atoms with Crippen LogP contribution in [0, 0.1) is 19.8 Å². The van der Waals surface area contributed by atoms with Crippen molar-refractivity contribution in [3.63, 3.8) is 0 Å². The van der Waals surface area contributed by atoms with E-state index < -0.39 is 0 Å². The Morgan fingerprint density at radius 1 is 0.976 bits per heavy atom. The van der Waals surface area contributed by atoms with Gasteiger partial charge in [-0.15, -0.1) is 0 Å². The molecule has 7 heteroatoms. The molecular weight excluding hydrogens is 546 g/mol. The summed E-state index contributed by atoms with van der Waals surface area (Å²) in [5, 5.41) is 5.07. The van der Waals surface area contributed by atoms with Crippen molar-refractivity contribution < 1.29 is 0 Å². The molecule has 41 heavy (non-hydrogen) atoms. The first kappa shape index (κ1) is 27.8. The van der Waals surface area contributed by atoms with Gasteiger partial charge < -0.3 is 19.7 Å². The zero-order chi connectivity index (χ0) is 28.7. The molecule has 4 heterocycles. The van der Waals surface area contributed by atoms with Gasteiger partial charge >= 0.3 is 0 Å². The molecule has 0 spiro atoms. The second kappa shape index (κ2) is 11.5. The highest BCUT2D eigenvalue weighted by Crippen LogP contribution is 2.45. The summed E-state index contributed by atoms with van der Waals surface area (Å²) in [5.74, 6) is 0.768. The van der Waals surface area contributed by atoms with Gasteiger partial charge in [0.15, 0.2) is 5.11 Å². The number of nitrogens with one attached hydrogen (secondary N) is 1. The van der Waals surface area contributed by atoms with Crippen LogP contribution in [0.2, 0.25) is 5.02 Å². The Morgan fingerprint density at radius 2 is 1.73 bits per heavy atom. The molecule has 0 amide bonds. The van der Waals surface area contributed by atoms with Gasteiger partial charge in [0.1, 0.15) is 0 Å². The minimum Gasteiger partial charge on any atom is -0.370 e. The number of pyridine rings is 1. The Hall–Kier alpha value is -3.35. The lowest BCUT2D eigenvalue weighted by Crippen LogP contribution is -2.33. The molecule has 2 aliphatic rings. The van der Waals surface area contributed by atoms with E-state index in [1.54, 1.807) is 0 Å². The van der Waals surface area contributed by atoms with Gasteiger partial charge in [-0.05, 0) is 105 Å². The van der Waals surface area contributed by atoms with Crippen molar-refractivity contribution in [2.24, 2.45) is 5.92 Å². The lowest BCUT2D eigenvalue weighted by molar-refractivity contribution is 0.438. The number of hydrogen-bond donors (Lipinski definition) is 1. The van der Waals surface area contributed by atoms with Crippen molar-refractivity contribution in [1.29, 1.82) is 0 Å². The number of nitrogens with zero attached hydrogens (tertiary/aromatic N) is 4. The van der Waals surface area contributed by atoms with E-state index in [2.05, 4.69) is 102 Å². The van der Waals surface area contributed by atoms with Crippen molar-refractivity contribution in [3.05, 3.63) is 106 Å². The molecule has 2 aliphatic heterocycles. The molecule has 4 aromatic rings. The Labute approximate surface area is 254 Å². The van der Waals surface area contributed by atoms with Gasteiger partial charge in [-0.3, -0.25) is 4.98 Å². The molecule has 0 saturated carbocycles. The zero-order valence-electron chi connectivity index (χ0n) is 24.3. The molecule has 6 rings (SSSR count). The summed E-state index contributed by atoms with van der Waals surface area (Å²) < 4.78 is 2.39. The smallest absolute Gasteiger partial charge is 0.174 e. The molecule has 5 nitrogen and oxygen atoms in total. The summed E-state index contributed by atoms with van der Waals surface area (Å²) in [4.78, 5) is 9.41. The van der Waals surface area contributed by atoms with Gasteiger partial charge in [0.2, 0.25) is 0 Å². The lowest BCUT2D eigenvalue weighted by atomic mass is 9.96. The molecule has 2 fully saturated rings. The van der Waals surface area contributed by atoms with Crippen LogP contribution in [-0.2, 0) is 6.42 Å². The SMILES string of the molecule is CCc1ccccc1-n1c(C)cc([C@H]2[C@H](c3ccccn3)NC(=S)N2c2ccc(N3CCC(C)CC3)c(Cl)c2)c1C. The predicted molar refractivity (Wildman–Crippen MR) is 175 cm³/mol. The van der Waals surface area contributed by atoms with Crippen LogP contribution in [0.3, 0.4) is 0 Å². The monoisotopic (exact) mass is 583 g/mol. The average molecular weight is 584 g/mol. The number of aryl methyl sites for hydroxylation is 2. The van der Waals surface area contributed by atoms with Crippen LogP contribution in [0.25, 0.3) is 5.69 Å². The molecule has 0 radical (unpaired) electrons. The molecule has 0 unspecified atom stereocenters. The molecule has 0 bridgehead atoms. The van der Waals surface area contributed by atoms with Crippen molar-refractivity contribution in [1.82, 2.24) is 14.9 Å². The Morgan fingerprint density at radius 3 is 2.44 bits per heavy atom. The van der Waals surface area contributed by atoms with Gasteiger partial charge in [0.25, 0.3) is 0 Å². The Bertz CT molecular complexity index is 1560. The van der Waals surface area contributed by atoms with Gasteiger partial charge in [0.05, 0.1) is 28.5 Å². The average Bonchev–Trinajstić information content (AvgIpc) is 3.48. The Balaban J connectivity index is 1.45. The summed E-state index contributed by atoms with van der Waals surface area (Å²) in [6, 6.07) is 23.3. The quantitative estimate of drug-likeness (QED) is 0.232. The summed E-state index contributed by atoms with van der Waals surface area (Å²) in [5.41, 5.74) is 9.24. The Kier molecular flexibility index (Phi) is 7.80. The maximum Gasteiger partial charge on any atom is 0.174 e. The van der Waals surface area contributed by atoms with Crippen molar-refractivity contribution in [3.8, 4) is 5.69 Å². The molecule has 2 aromatic carbocycles. The fraction of sp³-hybridized carbons (Fsp3) is 0.353. The largest absolute Gasteiger partial charge is 0.370 e. The molecule has 2 saturated heterocycles. The fourth-order valence-electron chi connectivity index (χ4n) is 6.59. The topological polar surface area (TPSA) is 36.3 Å². The number of para-hydroxylation sites is 1. The number of hydrogen-bond acceptors (Lipinski definition) is 3. The molecule has 2 aromatic heterocycles. The molecule has 0 aliphatic carbocycles. The van der Waals surface area contributed by atoms with Crippen LogP contribution in [-0.4, -0.2) is 27.8 Å². The number of rotatable bonds is 6. The minimum absolute atomic E-state index is 0.0936. The van der Waals surface area contributed by atoms with E-state index in [0.717, 1.165) is 47.5 Å². The van der Waals surface area contributed by atoms with Crippen LogP contribution in [0.15, 0.2) is 72.9 Å². The first-order valence-corrected chi connectivity index (χ1v) is 15.5. The van der Waals surface area contributed by atoms with E-state index >= 15 is 0 Å². The third-order valence-corrected chi connectivity index (χ3v) is 9.45. The first-order valence-electron chi connectivity index (χ1n) is 14.7. The highest BCUT2D eigenvalue weighted by molar-refractivity contribution is 7.80. The maximum absolute atomic E-state index is 7.00. The van der Waals surface area contributed by atoms with E-state index in [1.165, 1.54) is 41.0 Å². The molecule has 2 atom stereocenters. The number of halogens is 1. The van der Waals surface area contributed by atoms with Gasteiger partial charge in [-0.25, -0.2) is 0 Å². The summed E-state index contributed by atoms with van der Waals surface area (Å²) in [7, 11) is 0. The van der Waals surface area contributed by atoms with Crippen LogP contribution in [0.4, 0.5) is 11.4 Å². The van der Waals surface area contributed by atoms with Crippen LogP contribution in [0.5, 0.6) is 0 Å². The number of anilines is 2. The van der Waals surface area contributed by atoms with Crippen LogP contribution < -0.4 is 15.1 Å². The van der Waals surface area contributed by atoms with Gasteiger partial charge in [0, 0.05) is 42.0 Å². The van der Waals surface area contributed by atoms with E-state index in [0.29, 0.717) is 5.11 Å². The standard InChI is InChI=1S/C34H38ClN5S/c1-5-25-10-6-7-12-30(25)39-23(3)20-27(24(39)4)33-32(29-11-8-9-17-36-29)37-34(41)40(33)26-13-14-31(28(35)21-26)38-18-15-22(2)16-19-38/h6-14,17,20-22,32-33H,5,15-16,18-19H2,1-4H3,(H,37,41)/t32-,33-/m0/s1. The van der Waals surface area contributed by atoms with Crippen molar-refractivity contribution in [2.75, 3.05) is 22.9 Å². The fourth-order valence-corrected chi connectivity index (χ4v) is 7.23. The third kappa shape index (κ3) is 5.13. The molecule has 1 N–H and O–H groups in total. The highest BCUT2D eigenvalue weighted by atomic mass is 35.5. The van der Waals surface area contributed by atoms with E-state index in [9.17, 15) is 0 Å². The van der Waals surface area contributed by atoms with E-state index in [4.69, 9.17) is 28.8 Å². The second-order valence-corrected chi connectivity index (χ2v) is 12.2.